The van der Waals surface area contributed by atoms with Gasteiger partial charge in [0.1, 0.15) is 17.4 Å². The van der Waals surface area contributed by atoms with E-state index in [0.717, 1.165) is 38.2 Å². The first-order chi connectivity index (χ1) is 9.79. The Morgan fingerprint density at radius 3 is 2.70 bits per heavy atom. The summed E-state index contributed by atoms with van der Waals surface area (Å²) < 4.78 is 19.4. The van der Waals surface area contributed by atoms with Crippen molar-refractivity contribution in [2.75, 3.05) is 24.6 Å². The molecule has 2 fully saturated rings. The normalized spacial score (nSPS) is 23.8. The Kier molecular flexibility index (Phi) is 3.88. The van der Waals surface area contributed by atoms with Crippen molar-refractivity contribution < 1.29 is 9.13 Å². The number of hydrogen-bond acceptors (Lipinski definition) is 3. The van der Waals surface area contributed by atoms with E-state index in [0.29, 0.717) is 12.0 Å². The molecule has 0 spiro atoms. The molecule has 0 saturated carbocycles. The van der Waals surface area contributed by atoms with Gasteiger partial charge in [0, 0.05) is 19.7 Å². The highest BCUT2D eigenvalue weighted by Crippen LogP contribution is 2.32. The smallest absolute Gasteiger partial charge is 0.143 e. The quantitative estimate of drug-likeness (QED) is 0.831. The van der Waals surface area contributed by atoms with Crippen LogP contribution in [0.25, 0.3) is 0 Å². The van der Waals surface area contributed by atoms with E-state index >= 15 is 0 Å². The van der Waals surface area contributed by atoms with Crippen LogP contribution < -0.4 is 4.90 Å². The summed E-state index contributed by atoms with van der Waals surface area (Å²) in [7, 11) is 0. The third-order valence-electron chi connectivity index (χ3n) is 4.47. The van der Waals surface area contributed by atoms with Gasteiger partial charge in [-0.1, -0.05) is 6.07 Å². The predicted molar refractivity (Wildman–Crippen MR) is 75.0 cm³/mol. The predicted octanol–water partition coefficient (Wildman–Crippen LogP) is 3.09. The second-order valence-corrected chi connectivity index (χ2v) is 5.62. The molecule has 0 bridgehead atoms. The molecule has 1 aromatic rings. The SMILES string of the molecule is N#Cc1c(F)cccc1N1CCC(C2CCCO2)CC1. The molecule has 1 aromatic carbocycles. The van der Waals surface area contributed by atoms with Crippen molar-refractivity contribution in [2.24, 2.45) is 5.92 Å². The van der Waals surface area contributed by atoms with Gasteiger partial charge in [0.05, 0.1) is 11.8 Å². The van der Waals surface area contributed by atoms with Crippen LogP contribution in [0.1, 0.15) is 31.2 Å². The van der Waals surface area contributed by atoms with Crippen molar-refractivity contribution in [2.45, 2.75) is 31.8 Å². The number of hydrogen-bond donors (Lipinski definition) is 0. The average Bonchev–Trinajstić information content (AvgIpc) is 3.01. The molecule has 3 rings (SSSR count). The van der Waals surface area contributed by atoms with Crippen LogP contribution in [0.2, 0.25) is 0 Å². The van der Waals surface area contributed by atoms with E-state index in [1.807, 2.05) is 12.1 Å². The Balaban J connectivity index is 1.69. The van der Waals surface area contributed by atoms with Crippen molar-refractivity contribution >= 4 is 5.69 Å². The highest BCUT2D eigenvalue weighted by molar-refractivity contribution is 5.60. The van der Waals surface area contributed by atoms with Gasteiger partial charge < -0.3 is 9.64 Å². The van der Waals surface area contributed by atoms with Crippen molar-refractivity contribution in [3.05, 3.63) is 29.6 Å². The Morgan fingerprint density at radius 1 is 1.25 bits per heavy atom. The number of benzene rings is 1. The molecule has 1 unspecified atom stereocenters. The van der Waals surface area contributed by atoms with Crippen molar-refractivity contribution in [3.63, 3.8) is 0 Å². The number of rotatable bonds is 2. The number of halogens is 1. The van der Waals surface area contributed by atoms with Gasteiger partial charge in [-0.3, -0.25) is 0 Å². The van der Waals surface area contributed by atoms with Gasteiger partial charge >= 0.3 is 0 Å². The zero-order chi connectivity index (χ0) is 13.9. The Bertz CT molecular complexity index is 512. The number of nitriles is 1. The molecule has 0 aliphatic carbocycles. The lowest BCUT2D eigenvalue weighted by atomic mass is 9.89. The van der Waals surface area contributed by atoms with Crippen LogP contribution in [0.3, 0.4) is 0 Å². The van der Waals surface area contributed by atoms with Crippen LogP contribution >= 0.6 is 0 Å². The third-order valence-corrected chi connectivity index (χ3v) is 4.47. The lowest BCUT2D eigenvalue weighted by Gasteiger charge is -2.36. The monoisotopic (exact) mass is 274 g/mol. The molecule has 0 radical (unpaired) electrons. The number of ether oxygens (including phenoxy) is 1. The first kappa shape index (κ1) is 13.4. The summed E-state index contributed by atoms with van der Waals surface area (Å²) in [5, 5.41) is 9.12. The fourth-order valence-electron chi connectivity index (χ4n) is 3.37. The largest absolute Gasteiger partial charge is 0.378 e. The van der Waals surface area contributed by atoms with E-state index in [4.69, 9.17) is 10.00 Å². The summed E-state index contributed by atoms with van der Waals surface area (Å²) in [6.07, 6.45) is 4.89. The molecule has 2 saturated heterocycles. The van der Waals surface area contributed by atoms with Gasteiger partial charge in [0.15, 0.2) is 0 Å². The van der Waals surface area contributed by atoms with Crippen LogP contribution in [0.4, 0.5) is 10.1 Å². The van der Waals surface area contributed by atoms with E-state index in [1.165, 1.54) is 18.9 Å². The van der Waals surface area contributed by atoms with Crippen LogP contribution in [0, 0.1) is 23.1 Å². The topological polar surface area (TPSA) is 36.3 Å². The maximum absolute atomic E-state index is 13.7. The van der Waals surface area contributed by atoms with Gasteiger partial charge in [-0.2, -0.15) is 5.26 Å². The van der Waals surface area contributed by atoms with Gasteiger partial charge in [-0.15, -0.1) is 0 Å². The molecule has 106 valence electrons. The minimum atomic E-state index is -0.425. The number of nitrogens with zero attached hydrogens (tertiary/aromatic N) is 2. The summed E-state index contributed by atoms with van der Waals surface area (Å²) in [6, 6.07) is 6.85. The van der Waals surface area contributed by atoms with Crippen molar-refractivity contribution in [1.82, 2.24) is 0 Å². The van der Waals surface area contributed by atoms with Gasteiger partial charge in [-0.25, -0.2) is 4.39 Å². The zero-order valence-electron chi connectivity index (χ0n) is 11.5. The summed E-state index contributed by atoms with van der Waals surface area (Å²) in [5.74, 6) is 0.194. The standard InChI is InChI=1S/C16H19FN2O/c17-14-3-1-4-15(13(14)11-18)19-8-6-12(7-9-19)16-5-2-10-20-16/h1,3-4,12,16H,2,5-10H2. The molecule has 4 heteroatoms. The number of piperidine rings is 1. The van der Waals surface area contributed by atoms with Gasteiger partial charge in [0.25, 0.3) is 0 Å². The Labute approximate surface area is 119 Å². The van der Waals surface area contributed by atoms with Crippen LogP contribution in [-0.2, 0) is 4.74 Å². The molecule has 2 aliphatic rings. The minimum Gasteiger partial charge on any atom is -0.378 e. The van der Waals surface area contributed by atoms with Gasteiger partial charge in [-0.05, 0) is 43.7 Å². The summed E-state index contributed by atoms with van der Waals surface area (Å²) in [5.41, 5.74) is 0.904. The molecular formula is C16H19FN2O. The van der Waals surface area contributed by atoms with Crippen LogP contribution in [0.15, 0.2) is 18.2 Å². The average molecular weight is 274 g/mol. The van der Waals surface area contributed by atoms with Crippen molar-refractivity contribution in [3.8, 4) is 6.07 Å². The maximum atomic E-state index is 13.7. The molecular weight excluding hydrogens is 255 g/mol. The highest BCUT2D eigenvalue weighted by Gasteiger charge is 2.30. The summed E-state index contributed by atoms with van der Waals surface area (Å²) in [4.78, 5) is 2.13. The van der Waals surface area contributed by atoms with E-state index in [9.17, 15) is 4.39 Å². The summed E-state index contributed by atoms with van der Waals surface area (Å²) in [6.45, 7) is 2.65. The zero-order valence-corrected chi connectivity index (χ0v) is 11.5. The molecule has 3 nitrogen and oxygen atoms in total. The second kappa shape index (κ2) is 5.80. The number of anilines is 1. The molecule has 0 amide bonds. The van der Waals surface area contributed by atoms with Gasteiger partial charge in [0.2, 0.25) is 0 Å². The van der Waals surface area contributed by atoms with E-state index in [1.54, 1.807) is 6.07 Å². The highest BCUT2D eigenvalue weighted by atomic mass is 19.1. The molecule has 20 heavy (non-hydrogen) atoms. The summed E-state index contributed by atoms with van der Waals surface area (Å²) >= 11 is 0. The van der Waals surface area contributed by atoms with E-state index in [-0.39, 0.29) is 5.56 Å². The minimum absolute atomic E-state index is 0.170. The fraction of sp³-hybridized carbons (Fsp3) is 0.562. The Morgan fingerprint density at radius 2 is 2.05 bits per heavy atom. The van der Waals surface area contributed by atoms with E-state index < -0.39 is 5.82 Å². The first-order valence-electron chi connectivity index (χ1n) is 7.35. The third kappa shape index (κ3) is 2.51. The van der Waals surface area contributed by atoms with Crippen LogP contribution in [-0.4, -0.2) is 25.8 Å². The maximum Gasteiger partial charge on any atom is 0.143 e. The lowest BCUT2D eigenvalue weighted by molar-refractivity contribution is 0.0531. The Hall–Kier alpha value is -1.60. The molecule has 2 heterocycles. The lowest BCUT2D eigenvalue weighted by Crippen LogP contribution is -2.38. The van der Waals surface area contributed by atoms with Crippen LogP contribution in [0.5, 0.6) is 0 Å². The molecule has 0 N–H and O–H groups in total. The molecule has 1 atom stereocenters. The second-order valence-electron chi connectivity index (χ2n) is 5.62. The molecule has 0 aromatic heterocycles. The fourth-order valence-corrected chi connectivity index (χ4v) is 3.37. The first-order valence-corrected chi connectivity index (χ1v) is 7.35. The van der Waals surface area contributed by atoms with Crippen molar-refractivity contribution in [1.29, 1.82) is 5.26 Å². The van der Waals surface area contributed by atoms with E-state index in [2.05, 4.69) is 4.90 Å². The molecule has 2 aliphatic heterocycles.